The van der Waals surface area contributed by atoms with Gasteiger partial charge in [-0.15, -0.1) is 11.3 Å². The van der Waals surface area contributed by atoms with Gasteiger partial charge in [-0.05, 0) is 20.0 Å². The van der Waals surface area contributed by atoms with Crippen molar-refractivity contribution >= 4 is 31.4 Å². The minimum Gasteiger partial charge on any atom is -0.495 e. The minimum absolute atomic E-state index is 0.195. The van der Waals surface area contributed by atoms with Crippen molar-refractivity contribution in [3.63, 3.8) is 0 Å². The van der Waals surface area contributed by atoms with Crippen molar-refractivity contribution in [2.45, 2.75) is 12.5 Å². The van der Waals surface area contributed by atoms with Crippen LogP contribution in [0.5, 0.6) is 5.75 Å². The number of halogens is 1. The topological polar surface area (TPSA) is 81.4 Å². The SMILES string of the molecule is CNS(=O)(=O)C[C@](C)(N)c1sc2c(OC)cccc2c1F. The maximum absolute atomic E-state index is 14.6. The molecule has 2 aromatic rings. The second kappa shape index (κ2) is 5.53. The summed E-state index contributed by atoms with van der Waals surface area (Å²) in [6.07, 6.45) is 0. The van der Waals surface area contributed by atoms with Crippen molar-refractivity contribution < 1.29 is 17.5 Å². The Morgan fingerprint density at radius 3 is 2.71 bits per heavy atom. The normalized spacial score (nSPS) is 15.1. The number of rotatable bonds is 5. The molecule has 21 heavy (non-hydrogen) atoms. The third-order valence-corrected chi connectivity index (χ3v) is 6.23. The Balaban J connectivity index is 2.59. The highest BCUT2D eigenvalue weighted by molar-refractivity contribution is 7.89. The highest BCUT2D eigenvalue weighted by Crippen LogP contribution is 2.40. The molecule has 0 saturated carbocycles. The van der Waals surface area contributed by atoms with Gasteiger partial charge in [0, 0.05) is 5.39 Å². The maximum atomic E-state index is 14.6. The first-order valence-electron chi connectivity index (χ1n) is 6.17. The van der Waals surface area contributed by atoms with Crippen LogP contribution in [0.1, 0.15) is 11.8 Å². The summed E-state index contributed by atoms with van der Waals surface area (Å²) in [4.78, 5) is 0.195. The third-order valence-electron chi connectivity index (χ3n) is 3.16. The largest absolute Gasteiger partial charge is 0.495 e. The number of thiophene rings is 1. The van der Waals surface area contributed by atoms with Crippen molar-refractivity contribution in [1.29, 1.82) is 0 Å². The van der Waals surface area contributed by atoms with Crippen LogP contribution in [0, 0.1) is 5.82 Å². The second-order valence-electron chi connectivity index (χ2n) is 4.96. The molecule has 1 atom stereocenters. The molecule has 116 valence electrons. The van der Waals surface area contributed by atoms with Crippen LogP contribution in [0.2, 0.25) is 0 Å². The first kappa shape index (κ1) is 16.2. The average molecular weight is 332 g/mol. The van der Waals surface area contributed by atoms with Crippen LogP contribution in [-0.2, 0) is 15.6 Å². The minimum atomic E-state index is -3.56. The van der Waals surface area contributed by atoms with Crippen molar-refractivity contribution in [2.24, 2.45) is 5.73 Å². The molecule has 0 amide bonds. The van der Waals surface area contributed by atoms with Crippen LogP contribution in [0.25, 0.3) is 10.1 Å². The number of benzene rings is 1. The van der Waals surface area contributed by atoms with Crippen LogP contribution in [0.4, 0.5) is 4.39 Å². The maximum Gasteiger partial charge on any atom is 0.213 e. The molecule has 1 heterocycles. The molecule has 0 aliphatic rings. The summed E-state index contributed by atoms with van der Waals surface area (Å²) in [6, 6.07) is 5.02. The van der Waals surface area contributed by atoms with E-state index in [9.17, 15) is 12.8 Å². The lowest BCUT2D eigenvalue weighted by molar-refractivity contribution is 0.420. The van der Waals surface area contributed by atoms with E-state index in [2.05, 4.69) is 4.72 Å². The molecule has 0 bridgehead atoms. The molecule has 0 radical (unpaired) electrons. The van der Waals surface area contributed by atoms with Gasteiger partial charge in [0.1, 0.15) is 11.6 Å². The van der Waals surface area contributed by atoms with Gasteiger partial charge in [0.15, 0.2) is 0 Å². The fourth-order valence-corrected chi connectivity index (χ4v) is 4.52. The number of fused-ring (bicyclic) bond motifs is 1. The number of nitrogens with one attached hydrogen (secondary N) is 1. The highest BCUT2D eigenvalue weighted by Gasteiger charge is 2.33. The van der Waals surface area contributed by atoms with E-state index in [1.54, 1.807) is 18.2 Å². The van der Waals surface area contributed by atoms with E-state index in [4.69, 9.17) is 10.5 Å². The van der Waals surface area contributed by atoms with Gasteiger partial charge in [-0.25, -0.2) is 17.5 Å². The van der Waals surface area contributed by atoms with E-state index in [1.807, 2.05) is 0 Å². The zero-order valence-corrected chi connectivity index (χ0v) is 13.6. The van der Waals surface area contributed by atoms with Crippen LogP contribution in [-0.4, -0.2) is 28.3 Å². The van der Waals surface area contributed by atoms with Crippen LogP contribution in [0.3, 0.4) is 0 Å². The van der Waals surface area contributed by atoms with Crippen LogP contribution in [0.15, 0.2) is 18.2 Å². The number of hydrogen-bond acceptors (Lipinski definition) is 5. The fourth-order valence-electron chi connectivity index (χ4n) is 2.12. The molecular weight excluding hydrogens is 315 g/mol. The van der Waals surface area contributed by atoms with Crippen molar-refractivity contribution in [1.82, 2.24) is 4.72 Å². The molecule has 0 spiro atoms. The number of nitrogens with two attached hydrogens (primary N) is 1. The quantitative estimate of drug-likeness (QED) is 0.874. The van der Waals surface area contributed by atoms with Gasteiger partial charge in [-0.2, -0.15) is 0 Å². The van der Waals surface area contributed by atoms with Gasteiger partial charge >= 0.3 is 0 Å². The molecule has 5 nitrogen and oxygen atoms in total. The second-order valence-corrected chi connectivity index (χ2v) is 7.91. The summed E-state index contributed by atoms with van der Waals surface area (Å²) in [7, 11) is -0.761. The molecule has 0 saturated heterocycles. The molecule has 8 heteroatoms. The first-order valence-corrected chi connectivity index (χ1v) is 8.64. The van der Waals surface area contributed by atoms with Crippen molar-refractivity contribution in [2.75, 3.05) is 19.9 Å². The van der Waals surface area contributed by atoms with E-state index in [-0.39, 0.29) is 4.88 Å². The van der Waals surface area contributed by atoms with Crippen LogP contribution < -0.4 is 15.2 Å². The van der Waals surface area contributed by atoms with Gasteiger partial charge in [0.25, 0.3) is 0 Å². The average Bonchev–Trinajstić information content (AvgIpc) is 2.76. The highest BCUT2D eigenvalue weighted by atomic mass is 32.2. The lowest BCUT2D eigenvalue weighted by Gasteiger charge is -2.22. The standard InChI is InChI=1S/C13H17FN2O3S2/c1-13(15,7-21(17,18)16-2)12-10(14)8-5-4-6-9(19-3)11(8)20-12/h4-6,16H,7,15H2,1-3H3/t13-/m0/s1. The summed E-state index contributed by atoms with van der Waals surface area (Å²) in [6.45, 7) is 1.50. The third kappa shape index (κ3) is 3.03. The summed E-state index contributed by atoms with van der Waals surface area (Å²) in [5, 5.41) is 0.382. The van der Waals surface area contributed by atoms with Crippen molar-refractivity contribution in [3.8, 4) is 5.75 Å². The Bertz CT molecular complexity index is 769. The molecule has 2 rings (SSSR count). The smallest absolute Gasteiger partial charge is 0.213 e. The molecule has 3 N–H and O–H groups in total. The zero-order chi connectivity index (χ0) is 15.8. The molecule has 0 fully saturated rings. The Kier molecular flexibility index (Phi) is 4.25. The van der Waals surface area contributed by atoms with E-state index < -0.39 is 27.1 Å². The summed E-state index contributed by atoms with van der Waals surface area (Å²) in [5.74, 6) is -0.358. The monoisotopic (exact) mass is 332 g/mol. The number of ether oxygens (including phenoxy) is 1. The molecular formula is C13H17FN2O3S2. The van der Waals surface area contributed by atoms with E-state index in [0.29, 0.717) is 15.8 Å². The number of sulfonamides is 1. The molecule has 1 aromatic carbocycles. The number of methoxy groups -OCH3 is 1. The summed E-state index contributed by atoms with van der Waals surface area (Å²) >= 11 is 1.12. The van der Waals surface area contributed by atoms with Gasteiger partial charge < -0.3 is 10.5 Å². The Morgan fingerprint density at radius 2 is 2.14 bits per heavy atom. The summed E-state index contributed by atoms with van der Waals surface area (Å²) in [5.41, 5.74) is 4.73. The molecule has 0 unspecified atom stereocenters. The summed E-state index contributed by atoms with van der Waals surface area (Å²) < 4.78 is 46.0. The fraction of sp³-hybridized carbons (Fsp3) is 0.385. The van der Waals surface area contributed by atoms with E-state index in [1.165, 1.54) is 21.1 Å². The van der Waals surface area contributed by atoms with Crippen LogP contribution >= 0.6 is 11.3 Å². The Hall–Kier alpha value is -1.22. The molecule has 1 aromatic heterocycles. The van der Waals surface area contributed by atoms with Gasteiger partial charge in [-0.1, -0.05) is 12.1 Å². The Morgan fingerprint density at radius 1 is 1.48 bits per heavy atom. The predicted molar refractivity (Wildman–Crippen MR) is 82.7 cm³/mol. The molecule has 0 aliphatic heterocycles. The first-order chi connectivity index (χ1) is 9.72. The predicted octanol–water partition coefficient (Wildman–Crippen LogP) is 1.77. The lowest BCUT2D eigenvalue weighted by Crippen LogP contribution is -2.43. The zero-order valence-electron chi connectivity index (χ0n) is 11.9. The Labute approximate surface area is 127 Å². The van der Waals surface area contributed by atoms with E-state index in [0.717, 1.165) is 11.3 Å². The van der Waals surface area contributed by atoms with Gasteiger partial charge in [0.05, 0.1) is 28.0 Å². The van der Waals surface area contributed by atoms with E-state index >= 15 is 0 Å². The molecule has 0 aliphatic carbocycles. The van der Waals surface area contributed by atoms with Crippen molar-refractivity contribution in [3.05, 3.63) is 28.9 Å². The lowest BCUT2D eigenvalue weighted by atomic mass is 10.0. The van der Waals surface area contributed by atoms with Gasteiger partial charge in [-0.3, -0.25) is 0 Å². The van der Waals surface area contributed by atoms with Gasteiger partial charge in [0.2, 0.25) is 10.0 Å². The number of hydrogen-bond donors (Lipinski definition) is 2.